The van der Waals surface area contributed by atoms with Crippen LogP contribution in [0, 0.1) is 11.6 Å². The lowest BCUT2D eigenvalue weighted by Crippen LogP contribution is -2.43. The van der Waals surface area contributed by atoms with Crippen LogP contribution in [0.4, 0.5) is 8.78 Å². The van der Waals surface area contributed by atoms with Gasteiger partial charge in [-0.3, -0.25) is 9.69 Å². The summed E-state index contributed by atoms with van der Waals surface area (Å²) in [4.78, 5) is 14.1. The molecule has 6 heteroatoms. The van der Waals surface area contributed by atoms with E-state index in [0.29, 0.717) is 6.54 Å². The number of benzene rings is 1. The highest BCUT2D eigenvalue weighted by Gasteiger charge is 2.17. The first-order valence-electron chi connectivity index (χ1n) is 7.71. The summed E-state index contributed by atoms with van der Waals surface area (Å²) in [6.07, 6.45) is 1.16. The lowest BCUT2D eigenvalue weighted by molar-refractivity contribution is -0.122. The molecular weight excluding hydrogens is 288 g/mol. The summed E-state index contributed by atoms with van der Waals surface area (Å²) in [5.74, 6) is -1.24. The van der Waals surface area contributed by atoms with Crippen molar-refractivity contribution in [2.45, 2.75) is 25.8 Å². The molecule has 0 aromatic heterocycles. The van der Waals surface area contributed by atoms with E-state index in [1.54, 1.807) is 6.92 Å². The van der Waals surface area contributed by atoms with E-state index in [1.165, 1.54) is 18.2 Å². The molecule has 1 unspecified atom stereocenters. The van der Waals surface area contributed by atoms with Gasteiger partial charge in [-0.25, -0.2) is 8.78 Å². The van der Waals surface area contributed by atoms with Gasteiger partial charge in [-0.2, -0.15) is 0 Å². The maximum Gasteiger partial charge on any atom is 0.234 e. The van der Waals surface area contributed by atoms with Crippen molar-refractivity contribution in [3.8, 4) is 0 Å². The Labute approximate surface area is 129 Å². The maximum absolute atomic E-state index is 13.6. The molecule has 22 heavy (non-hydrogen) atoms. The lowest BCUT2D eigenvalue weighted by atomic mass is 10.1. The Balaban J connectivity index is 1.83. The van der Waals surface area contributed by atoms with E-state index in [-0.39, 0.29) is 23.9 Å². The van der Waals surface area contributed by atoms with Crippen molar-refractivity contribution in [2.75, 3.05) is 32.7 Å². The molecule has 0 radical (unpaired) electrons. The highest BCUT2D eigenvalue weighted by Crippen LogP contribution is 2.14. The lowest BCUT2D eigenvalue weighted by Gasteiger charge is -2.21. The minimum absolute atomic E-state index is 0.0225. The molecule has 2 N–H and O–H groups in total. The van der Waals surface area contributed by atoms with Crippen LogP contribution in [0.5, 0.6) is 0 Å². The summed E-state index contributed by atoms with van der Waals surface area (Å²) >= 11 is 0. The fourth-order valence-corrected chi connectivity index (χ4v) is 2.67. The first kappa shape index (κ1) is 16.8. The second-order valence-electron chi connectivity index (χ2n) is 5.75. The Morgan fingerprint density at radius 3 is 2.77 bits per heavy atom. The topological polar surface area (TPSA) is 44.4 Å². The van der Waals surface area contributed by atoms with Crippen molar-refractivity contribution < 1.29 is 13.6 Å². The van der Waals surface area contributed by atoms with Gasteiger partial charge in [0.25, 0.3) is 0 Å². The quantitative estimate of drug-likeness (QED) is 0.862. The molecule has 1 heterocycles. The van der Waals surface area contributed by atoms with Crippen molar-refractivity contribution in [2.24, 2.45) is 0 Å². The van der Waals surface area contributed by atoms with Gasteiger partial charge in [0.2, 0.25) is 5.91 Å². The first-order chi connectivity index (χ1) is 10.6. The maximum atomic E-state index is 13.6. The summed E-state index contributed by atoms with van der Waals surface area (Å²) < 4.78 is 27.2. The van der Waals surface area contributed by atoms with E-state index in [4.69, 9.17) is 0 Å². The van der Waals surface area contributed by atoms with Crippen LogP contribution in [0.1, 0.15) is 18.9 Å². The molecule has 0 aliphatic carbocycles. The van der Waals surface area contributed by atoms with Gasteiger partial charge in [-0.05, 0) is 45.0 Å². The van der Waals surface area contributed by atoms with Crippen LogP contribution in [0.15, 0.2) is 18.2 Å². The van der Waals surface area contributed by atoms with Crippen LogP contribution in [0.25, 0.3) is 0 Å². The van der Waals surface area contributed by atoms with E-state index in [1.807, 2.05) is 0 Å². The third kappa shape index (κ3) is 5.03. The monoisotopic (exact) mass is 311 g/mol. The van der Waals surface area contributed by atoms with Gasteiger partial charge in [-0.1, -0.05) is 6.07 Å². The number of hydrogen-bond donors (Lipinski definition) is 2. The summed E-state index contributed by atoms with van der Waals surface area (Å²) in [7, 11) is 0. The summed E-state index contributed by atoms with van der Waals surface area (Å²) in [6.45, 7) is 5.66. The predicted molar refractivity (Wildman–Crippen MR) is 81.6 cm³/mol. The number of carbonyl (C=O) groups is 1. The molecule has 1 aromatic rings. The molecule has 1 aromatic carbocycles. The van der Waals surface area contributed by atoms with E-state index in [2.05, 4.69) is 15.5 Å². The molecule has 1 amide bonds. The molecule has 0 bridgehead atoms. The standard InChI is InChI=1S/C16H23F2N3O/c1-12(10-13-14(17)4-2-5-15(13)18)20-16(22)11-21-8-3-6-19-7-9-21/h2,4-5,12,19H,3,6-11H2,1H3,(H,20,22). The summed E-state index contributed by atoms with van der Waals surface area (Å²) in [6, 6.07) is 3.49. The van der Waals surface area contributed by atoms with Crippen LogP contribution >= 0.6 is 0 Å². The Morgan fingerprint density at radius 1 is 1.32 bits per heavy atom. The largest absolute Gasteiger partial charge is 0.352 e. The molecule has 1 aliphatic rings. The Hall–Kier alpha value is -1.53. The van der Waals surface area contributed by atoms with E-state index in [0.717, 1.165) is 32.6 Å². The number of rotatable bonds is 5. The van der Waals surface area contributed by atoms with E-state index in [9.17, 15) is 13.6 Å². The zero-order valence-electron chi connectivity index (χ0n) is 12.9. The van der Waals surface area contributed by atoms with Crippen LogP contribution < -0.4 is 10.6 Å². The zero-order valence-corrected chi connectivity index (χ0v) is 12.9. The highest BCUT2D eigenvalue weighted by atomic mass is 19.1. The molecule has 4 nitrogen and oxygen atoms in total. The number of nitrogens with zero attached hydrogens (tertiary/aromatic N) is 1. The predicted octanol–water partition coefficient (Wildman–Crippen LogP) is 1.31. The fourth-order valence-electron chi connectivity index (χ4n) is 2.67. The zero-order chi connectivity index (χ0) is 15.9. The van der Waals surface area contributed by atoms with Gasteiger partial charge in [0.1, 0.15) is 11.6 Å². The number of carbonyl (C=O) groups excluding carboxylic acids is 1. The number of hydrogen-bond acceptors (Lipinski definition) is 3. The second kappa shape index (κ2) is 8.19. The molecule has 1 fully saturated rings. The minimum Gasteiger partial charge on any atom is -0.352 e. The Morgan fingerprint density at radius 2 is 2.05 bits per heavy atom. The highest BCUT2D eigenvalue weighted by molar-refractivity contribution is 5.78. The van der Waals surface area contributed by atoms with Crippen LogP contribution in [-0.2, 0) is 11.2 Å². The smallest absolute Gasteiger partial charge is 0.234 e. The van der Waals surface area contributed by atoms with Crippen molar-refractivity contribution in [1.29, 1.82) is 0 Å². The van der Waals surface area contributed by atoms with Gasteiger partial charge in [-0.15, -0.1) is 0 Å². The van der Waals surface area contributed by atoms with Crippen LogP contribution in [-0.4, -0.2) is 49.6 Å². The van der Waals surface area contributed by atoms with Crippen LogP contribution in [0.2, 0.25) is 0 Å². The van der Waals surface area contributed by atoms with Crippen molar-refractivity contribution in [3.63, 3.8) is 0 Å². The number of halogens is 2. The van der Waals surface area contributed by atoms with Gasteiger partial charge in [0.05, 0.1) is 6.54 Å². The molecule has 1 saturated heterocycles. The third-order valence-electron chi connectivity index (χ3n) is 3.78. The van der Waals surface area contributed by atoms with Crippen LogP contribution in [0.3, 0.4) is 0 Å². The minimum atomic E-state index is -0.570. The normalized spacial score (nSPS) is 17.8. The fraction of sp³-hybridized carbons (Fsp3) is 0.562. The van der Waals surface area contributed by atoms with E-state index >= 15 is 0 Å². The molecule has 2 rings (SSSR count). The third-order valence-corrected chi connectivity index (χ3v) is 3.78. The first-order valence-corrected chi connectivity index (χ1v) is 7.71. The SMILES string of the molecule is CC(Cc1c(F)cccc1F)NC(=O)CN1CCCNCC1. The molecular formula is C16H23F2N3O. The summed E-state index contributed by atoms with van der Waals surface area (Å²) in [5.41, 5.74) is 0.0225. The number of nitrogens with one attached hydrogen (secondary N) is 2. The second-order valence-corrected chi connectivity index (χ2v) is 5.75. The molecule has 1 atom stereocenters. The molecule has 0 spiro atoms. The Bertz CT molecular complexity index is 482. The van der Waals surface area contributed by atoms with Gasteiger partial charge in [0.15, 0.2) is 0 Å². The summed E-state index contributed by atoms with van der Waals surface area (Å²) in [5, 5.41) is 6.10. The number of amides is 1. The molecule has 122 valence electrons. The molecule has 0 saturated carbocycles. The van der Waals surface area contributed by atoms with Gasteiger partial charge < -0.3 is 10.6 Å². The van der Waals surface area contributed by atoms with Gasteiger partial charge >= 0.3 is 0 Å². The average molecular weight is 311 g/mol. The Kier molecular flexibility index (Phi) is 6.27. The van der Waals surface area contributed by atoms with E-state index < -0.39 is 11.6 Å². The molecule has 1 aliphatic heterocycles. The average Bonchev–Trinajstić information content (AvgIpc) is 2.71. The van der Waals surface area contributed by atoms with Crippen molar-refractivity contribution in [1.82, 2.24) is 15.5 Å². The van der Waals surface area contributed by atoms with Gasteiger partial charge in [0, 0.05) is 24.7 Å². The van der Waals surface area contributed by atoms with Crippen molar-refractivity contribution in [3.05, 3.63) is 35.4 Å². The van der Waals surface area contributed by atoms with Crippen molar-refractivity contribution >= 4 is 5.91 Å².